The van der Waals surface area contributed by atoms with Crippen LogP contribution < -0.4 is 26.2 Å². The van der Waals surface area contributed by atoms with Gasteiger partial charge in [-0.15, -0.1) is 0 Å². The average Bonchev–Trinajstić information content (AvgIpc) is 0.773. The Bertz CT molecular complexity index is 7620. The largest absolute Gasteiger partial charge is 0.456 e. The number of furan rings is 2. The Morgan fingerprint density at radius 2 is 0.641 bits per heavy atom. The molecule has 0 saturated heterocycles. The molecule has 0 saturated carbocycles. The number of rotatable bonds is 6. The Hall–Kier alpha value is -13.2. The van der Waals surface area contributed by atoms with Gasteiger partial charge in [-0.1, -0.05) is 203 Å². The van der Waals surface area contributed by atoms with E-state index in [1.807, 2.05) is 143 Å². The van der Waals surface area contributed by atoms with Gasteiger partial charge in [0.25, 0.3) is 6.71 Å². The lowest BCUT2D eigenvalue weighted by Crippen LogP contribution is -2.61. The summed E-state index contributed by atoms with van der Waals surface area (Å²) in [6, 6.07) is 69.4. The van der Waals surface area contributed by atoms with Gasteiger partial charge in [0.1, 0.15) is 22.3 Å². The number of anilines is 6. The van der Waals surface area contributed by atoms with E-state index in [1.54, 1.807) is 9.13 Å². The van der Waals surface area contributed by atoms with Gasteiger partial charge in [0.2, 0.25) is 0 Å². The van der Waals surface area contributed by atoms with Crippen molar-refractivity contribution in [3.05, 3.63) is 321 Å². The molecule has 0 amide bonds. The second kappa shape index (κ2) is 20.7. The van der Waals surface area contributed by atoms with Crippen LogP contribution in [0.5, 0.6) is 0 Å². The molecule has 2 aliphatic rings. The summed E-state index contributed by atoms with van der Waals surface area (Å²) in [6.07, 6.45) is 0. The monoisotopic (exact) mass is 1330 g/mol. The summed E-state index contributed by atoms with van der Waals surface area (Å²) in [7, 11) is 0. The highest BCUT2D eigenvalue weighted by molar-refractivity contribution is 7.00. The van der Waals surface area contributed by atoms with E-state index in [-0.39, 0.29) is 55.0 Å². The molecule has 482 valence electrons. The molecule has 8 heterocycles. The molecule has 0 fully saturated rings. The van der Waals surface area contributed by atoms with E-state index in [0.717, 1.165) is 82.1 Å². The molecule has 0 aliphatic carbocycles. The first-order valence-corrected chi connectivity index (χ1v) is 34.5. The highest BCUT2D eigenvalue weighted by Gasteiger charge is 2.46. The van der Waals surface area contributed by atoms with Crippen molar-refractivity contribution in [1.29, 1.82) is 0 Å². The number of aromatic nitrogens is 4. The van der Waals surface area contributed by atoms with E-state index >= 15 is 0 Å². The number of fused-ring (bicyclic) bond motifs is 22. The molecule has 6 aromatic heterocycles. The minimum absolute atomic E-state index is 0.00220. The fourth-order valence-corrected chi connectivity index (χ4v) is 17.2. The van der Waals surface area contributed by atoms with Crippen molar-refractivity contribution in [3.63, 3.8) is 0 Å². The van der Waals surface area contributed by atoms with Crippen molar-refractivity contribution in [2.45, 2.75) is 26.2 Å². The fourth-order valence-electron chi connectivity index (χ4n) is 17.2. The van der Waals surface area contributed by atoms with Gasteiger partial charge in [-0.2, -0.15) is 0 Å². The third-order valence-electron chi connectivity index (χ3n) is 21.7. The maximum Gasteiger partial charge on any atom is 0.252 e. The number of para-hydroxylation sites is 10. The molecule has 8 nitrogen and oxygen atoms in total. The lowest BCUT2D eigenvalue weighted by atomic mass is 9.33. The minimum Gasteiger partial charge on any atom is -0.456 e. The summed E-state index contributed by atoms with van der Waals surface area (Å²) in [5.41, 5.74) is 12.2. The van der Waals surface area contributed by atoms with Crippen molar-refractivity contribution in [3.8, 4) is 22.7 Å². The second-order valence-electron chi connectivity index (χ2n) is 28.1. The van der Waals surface area contributed by atoms with E-state index in [9.17, 15) is 19.2 Å². The van der Waals surface area contributed by atoms with Crippen molar-refractivity contribution in [2.75, 3.05) is 9.80 Å². The predicted molar refractivity (Wildman–Crippen MR) is 431 cm³/mol. The van der Waals surface area contributed by atoms with Crippen molar-refractivity contribution < 1.29 is 28.0 Å². The van der Waals surface area contributed by atoms with Gasteiger partial charge < -0.3 is 36.9 Å². The molecule has 2 aliphatic heterocycles. The van der Waals surface area contributed by atoms with E-state index in [2.05, 4.69) is 127 Å². The third-order valence-corrected chi connectivity index (χ3v) is 21.7. The Morgan fingerprint density at radius 1 is 0.282 bits per heavy atom. The van der Waals surface area contributed by atoms with Crippen LogP contribution in [0.3, 0.4) is 0 Å². The average molecular weight is 1330 g/mol. The fraction of sp³-hybridized carbons (Fsp3) is 0.0426. The van der Waals surface area contributed by atoms with E-state index in [4.69, 9.17) is 8.83 Å². The summed E-state index contributed by atoms with van der Waals surface area (Å²) < 4.78 is 162. The smallest absolute Gasteiger partial charge is 0.252 e. The highest BCUT2D eigenvalue weighted by atomic mass is 16.3. The lowest BCUT2D eigenvalue weighted by Gasteiger charge is -2.45. The van der Waals surface area contributed by atoms with Crippen LogP contribution in [-0.4, -0.2) is 25.0 Å². The van der Waals surface area contributed by atoms with Crippen molar-refractivity contribution in [1.82, 2.24) is 18.3 Å². The van der Waals surface area contributed by atoms with Gasteiger partial charge >= 0.3 is 0 Å². The Labute approximate surface area is 611 Å². The molecule has 0 N–H and O–H groups in total. The van der Waals surface area contributed by atoms with Gasteiger partial charge in [-0.05, 0) is 149 Å². The van der Waals surface area contributed by atoms with Gasteiger partial charge in [-0.25, -0.2) is 0 Å². The molecule has 0 bridgehead atoms. The molecule has 9 heteroatoms. The molecule has 21 aromatic rings. The number of nitrogens with zero attached hydrogens (tertiary/aromatic N) is 6. The van der Waals surface area contributed by atoms with Crippen molar-refractivity contribution >= 4 is 188 Å². The molecule has 0 unspecified atom stereocenters. The molecule has 0 atom stereocenters. The predicted octanol–water partition coefficient (Wildman–Crippen LogP) is 23.3. The maximum absolute atomic E-state index is 11.0. The van der Waals surface area contributed by atoms with Crippen LogP contribution in [0.2, 0.25) is 0 Å². The standard InChI is InChI=1S/C94H61BN6O2/c1-94(2,3)56-50-85-91-86(51-56)101(82-39-21-31-72-66-27-9-17-37-80(66)99(93(72)82)60-43-47-70-68-29-11-19-41-88(68)103-90(70)55-60)84-53-58(97-77-34-14-6-24-63(77)64-25-7-15-35-78(64)97)45-49-74(84)95(91)73-48-44-57(96-75-32-12-4-22-61(75)62-23-5-13-33-76(62)96)52-83(73)100(85)81-38-20-30-71-65-26-8-16-36-79(65)98(92(71)81)59-42-46-69-67-28-10-18-40-87(67)102-89(69)54-59/h4-55H,1-3H3/i8D,9D,16D,17D,20D,21D,26D,27D,30D,31D,36D,37D,38D,39D. The molecule has 0 radical (unpaired) electrons. The first kappa shape index (κ1) is 44.7. The zero-order valence-electron chi connectivity index (χ0n) is 69.5. The highest BCUT2D eigenvalue weighted by Crippen LogP contribution is 2.53. The SMILES string of the molecule is [2H]c1c([2H])c([2H])c2c(c1[2H])c1c([2H])c([2H])c([2H])c(N3c4cc(-n5c6ccccc6c6ccccc65)ccc4B4c5ccc(-n6c7ccccc7c7ccccc76)cc5N(c5c([2H])c([2H])c([2H])c6c7c([2H])c([2H])c([2H])c([2H])c7n(-c7ccc8c(c7)oc7ccccc78)c56)c5cc(C(C)(C)C)cc3c54)c1n2-c1ccc2c(c1)oc1ccccc12. The zero-order valence-corrected chi connectivity index (χ0v) is 55.5. The minimum atomic E-state index is -0.789. The van der Waals surface area contributed by atoms with E-state index in [1.165, 1.54) is 0 Å². The Balaban J connectivity index is 0.919. The molecule has 103 heavy (non-hydrogen) atoms. The summed E-state index contributed by atoms with van der Waals surface area (Å²) in [4.78, 5) is 3.95. The van der Waals surface area contributed by atoms with Crippen LogP contribution in [-0.2, 0) is 5.41 Å². The molecule has 15 aromatic carbocycles. The van der Waals surface area contributed by atoms with Gasteiger partial charge in [0.15, 0.2) is 0 Å². The summed E-state index contributed by atoms with van der Waals surface area (Å²) in [5.74, 6) is 0. The van der Waals surface area contributed by atoms with E-state index < -0.39 is 96.7 Å². The van der Waals surface area contributed by atoms with Gasteiger partial charge in [0, 0.05) is 111 Å². The van der Waals surface area contributed by atoms with Crippen LogP contribution in [0.1, 0.15) is 45.5 Å². The Kier molecular flexibility index (Phi) is 8.98. The number of benzene rings is 15. The quantitative estimate of drug-likeness (QED) is 0.156. The normalized spacial score (nSPS) is 15.0. The first-order valence-electron chi connectivity index (χ1n) is 41.5. The Morgan fingerprint density at radius 3 is 1.07 bits per heavy atom. The zero-order chi connectivity index (χ0) is 79.8. The summed E-state index contributed by atoms with van der Waals surface area (Å²) in [6.45, 7) is 5.46. The number of hydrogen-bond donors (Lipinski definition) is 0. The van der Waals surface area contributed by atoms with Crippen LogP contribution >= 0.6 is 0 Å². The summed E-state index contributed by atoms with van der Waals surface area (Å²) >= 11 is 0. The van der Waals surface area contributed by atoms with Crippen LogP contribution in [0, 0.1) is 0 Å². The van der Waals surface area contributed by atoms with Crippen LogP contribution in [0.15, 0.2) is 324 Å². The first-order chi connectivity index (χ1) is 56.6. The molecule has 0 spiro atoms. The summed E-state index contributed by atoms with van der Waals surface area (Å²) in [5, 5.41) is 7.16. The van der Waals surface area contributed by atoms with Crippen molar-refractivity contribution in [2.24, 2.45) is 0 Å². The third kappa shape index (κ3) is 7.80. The van der Waals surface area contributed by atoms with Crippen LogP contribution in [0.4, 0.5) is 34.1 Å². The molecule has 23 rings (SSSR count). The maximum atomic E-state index is 11.0. The lowest BCUT2D eigenvalue weighted by molar-refractivity contribution is 0.590. The topological polar surface area (TPSA) is 52.5 Å². The molecular formula is C94H61BN6O2. The second-order valence-corrected chi connectivity index (χ2v) is 28.1. The molecular weight excluding hydrogens is 1260 g/mol. The van der Waals surface area contributed by atoms with E-state index in [0.29, 0.717) is 72.8 Å². The van der Waals surface area contributed by atoms with Gasteiger partial charge in [0.05, 0.1) is 86.1 Å². The number of hydrogen-bond acceptors (Lipinski definition) is 4. The van der Waals surface area contributed by atoms with Gasteiger partial charge in [-0.3, -0.25) is 0 Å². The van der Waals surface area contributed by atoms with Crippen LogP contribution in [0.25, 0.3) is 154 Å².